The first-order chi connectivity index (χ1) is 24.3. The van der Waals surface area contributed by atoms with E-state index < -0.39 is 0 Å². The summed E-state index contributed by atoms with van der Waals surface area (Å²) < 4.78 is 0. The standard InChI is InChI=1S/C48H69N3O3/c1-43(2,3)32-20-28(21-33(40(32)52)44(4,5)6)19-31-38(26-29-22-34(45(7,8)9)41(53)35(23-29)46(10,11)12)49-51-50-39(31)27-30-24-36(47(13,14)15)42(54)37(25-30)48(16,17)18/h20-25,52-54H,19,26-27H2,1-18H3. The zero-order valence-electron chi connectivity index (χ0n) is 36.8. The van der Waals surface area contributed by atoms with Gasteiger partial charge in [0.2, 0.25) is 0 Å². The molecule has 3 aromatic carbocycles. The molecule has 1 aromatic heterocycles. The van der Waals surface area contributed by atoms with Gasteiger partial charge in [-0.05, 0) is 87.8 Å². The topological polar surface area (TPSA) is 99.4 Å². The number of benzene rings is 3. The monoisotopic (exact) mass is 736 g/mol. The Hall–Kier alpha value is -3.93. The summed E-state index contributed by atoms with van der Waals surface area (Å²) in [6.07, 6.45) is 1.57. The molecule has 0 aliphatic heterocycles. The van der Waals surface area contributed by atoms with Crippen LogP contribution in [0.3, 0.4) is 0 Å². The summed E-state index contributed by atoms with van der Waals surface area (Å²) in [6, 6.07) is 12.8. The maximum atomic E-state index is 11.6. The minimum absolute atomic E-state index is 0.273. The Morgan fingerprint density at radius 3 is 0.759 bits per heavy atom. The number of hydrogen-bond donors (Lipinski definition) is 3. The third-order valence-electron chi connectivity index (χ3n) is 10.5. The summed E-state index contributed by atoms with van der Waals surface area (Å²) in [4.78, 5) is 0. The van der Waals surface area contributed by atoms with Gasteiger partial charge in [-0.3, -0.25) is 0 Å². The quantitative estimate of drug-likeness (QED) is 0.182. The van der Waals surface area contributed by atoms with Gasteiger partial charge in [0.25, 0.3) is 0 Å². The van der Waals surface area contributed by atoms with Crippen LogP contribution in [0.2, 0.25) is 0 Å². The number of phenols is 3. The average molecular weight is 736 g/mol. The highest BCUT2D eigenvalue weighted by atomic mass is 16.3. The fourth-order valence-electron chi connectivity index (χ4n) is 7.32. The number of nitrogens with zero attached hydrogens (tertiary/aromatic N) is 3. The van der Waals surface area contributed by atoms with Gasteiger partial charge in [0.15, 0.2) is 0 Å². The maximum Gasteiger partial charge on any atom is 0.123 e. The number of aromatic hydroxyl groups is 3. The predicted molar refractivity (Wildman–Crippen MR) is 225 cm³/mol. The zero-order chi connectivity index (χ0) is 41.1. The van der Waals surface area contributed by atoms with Crippen molar-refractivity contribution < 1.29 is 15.3 Å². The van der Waals surface area contributed by atoms with E-state index in [-0.39, 0.29) is 32.5 Å². The largest absolute Gasteiger partial charge is 0.507 e. The van der Waals surface area contributed by atoms with Crippen LogP contribution in [0, 0.1) is 0 Å². The first-order valence-corrected chi connectivity index (χ1v) is 19.6. The molecule has 0 unspecified atom stereocenters. The molecule has 4 aromatic rings. The van der Waals surface area contributed by atoms with Gasteiger partial charge in [-0.25, -0.2) is 0 Å². The van der Waals surface area contributed by atoms with Crippen LogP contribution >= 0.6 is 0 Å². The molecule has 4 rings (SSSR count). The molecule has 0 spiro atoms. The molecular weight excluding hydrogens is 667 g/mol. The molecule has 0 fully saturated rings. The van der Waals surface area contributed by atoms with Crippen molar-refractivity contribution in [1.82, 2.24) is 15.4 Å². The summed E-state index contributed by atoms with van der Waals surface area (Å²) in [7, 11) is 0. The molecule has 294 valence electrons. The number of rotatable bonds is 6. The van der Waals surface area contributed by atoms with Crippen LogP contribution in [0.15, 0.2) is 36.4 Å². The molecular formula is C48H69N3O3. The lowest BCUT2D eigenvalue weighted by Crippen LogP contribution is -2.19. The molecule has 54 heavy (non-hydrogen) atoms. The van der Waals surface area contributed by atoms with Crippen LogP contribution in [0.25, 0.3) is 0 Å². The van der Waals surface area contributed by atoms with Crippen LogP contribution < -0.4 is 0 Å². The Morgan fingerprint density at radius 1 is 0.352 bits per heavy atom. The number of phenolic OH excluding ortho intramolecular Hbond substituents is 3. The molecule has 0 saturated heterocycles. The highest BCUT2D eigenvalue weighted by molar-refractivity contribution is 5.54. The predicted octanol–water partition coefficient (Wildman–Crippen LogP) is 11.5. The van der Waals surface area contributed by atoms with E-state index in [1.54, 1.807) is 0 Å². The van der Waals surface area contributed by atoms with E-state index in [2.05, 4.69) is 166 Å². The van der Waals surface area contributed by atoms with E-state index in [0.717, 1.165) is 67.0 Å². The molecule has 6 nitrogen and oxygen atoms in total. The van der Waals surface area contributed by atoms with Crippen molar-refractivity contribution in [1.29, 1.82) is 0 Å². The Kier molecular flexibility index (Phi) is 11.3. The van der Waals surface area contributed by atoms with Crippen molar-refractivity contribution in [3.63, 3.8) is 0 Å². The summed E-state index contributed by atoms with van der Waals surface area (Å²) in [5, 5.41) is 48.5. The molecule has 1 heterocycles. The molecule has 0 aliphatic rings. The Bertz CT molecular complexity index is 1810. The molecule has 0 radical (unpaired) electrons. The SMILES string of the molecule is CC(C)(C)c1cc(Cc2nnnc(Cc3cc(C(C)(C)C)c(O)c(C(C)(C)C)c3)c2Cc2cc(C(C)(C)C)c(O)c(C(C)(C)C)c2)cc(C(C)(C)C)c1O. The Morgan fingerprint density at radius 2 is 0.556 bits per heavy atom. The third-order valence-corrected chi connectivity index (χ3v) is 10.5. The minimum atomic E-state index is -0.280. The number of aromatic nitrogens is 3. The van der Waals surface area contributed by atoms with Crippen LogP contribution in [0.1, 0.15) is 192 Å². The van der Waals surface area contributed by atoms with Crippen molar-refractivity contribution in [3.8, 4) is 17.2 Å². The van der Waals surface area contributed by atoms with Crippen molar-refractivity contribution in [2.24, 2.45) is 0 Å². The molecule has 3 N–H and O–H groups in total. The lowest BCUT2D eigenvalue weighted by molar-refractivity contribution is 0.421. The summed E-state index contributed by atoms with van der Waals surface area (Å²) >= 11 is 0. The molecule has 0 aliphatic carbocycles. The van der Waals surface area contributed by atoms with E-state index in [9.17, 15) is 15.3 Å². The van der Waals surface area contributed by atoms with Gasteiger partial charge in [-0.1, -0.05) is 161 Å². The lowest BCUT2D eigenvalue weighted by Gasteiger charge is -2.29. The minimum Gasteiger partial charge on any atom is -0.507 e. The third kappa shape index (κ3) is 9.47. The van der Waals surface area contributed by atoms with Crippen molar-refractivity contribution in [2.75, 3.05) is 0 Å². The normalized spacial score (nSPS) is 13.4. The fraction of sp³-hybridized carbons (Fsp3) is 0.562. The van der Waals surface area contributed by atoms with Gasteiger partial charge >= 0.3 is 0 Å². The second-order valence-corrected chi connectivity index (χ2v) is 21.8. The van der Waals surface area contributed by atoms with E-state index in [1.165, 1.54) is 0 Å². The lowest BCUT2D eigenvalue weighted by atomic mass is 9.77. The highest BCUT2D eigenvalue weighted by Crippen LogP contribution is 2.43. The highest BCUT2D eigenvalue weighted by Gasteiger charge is 2.31. The van der Waals surface area contributed by atoms with Gasteiger partial charge in [0.1, 0.15) is 17.2 Å². The van der Waals surface area contributed by atoms with Crippen LogP contribution in [0.5, 0.6) is 17.2 Å². The Labute approximate surface area is 326 Å². The van der Waals surface area contributed by atoms with Crippen LogP contribution in [-0.2, 0) is 51.8 Å². The second kappa shape index (κ2) is 14.3. The van der Waals surface area contributed by atoms with Gasteiger partial charge < -0.3 is 15.3 Å². The van der Waals surface area contributed by atoms with Crippen molar-refractivity contribution >= 4 is 0 Å². The number of hydrogen-bond acceptors (Lipinski definition) is 6. The Balaban J connectivity index is 2.03. The van der Waals surface area contributed by atoms with E-state index in [0.29, 0.717) is 36.5 Å². The van der Waals surface area contributed by atoms with Gasteiger partial charge in [0.05, 0.1) is 11.4 Å². The van der Waals surface area contributed by atoms with E-state index >= 15 is 0 Å². The maximum absolute atomic E-state index is 11.6. The summed E-state index contributed by atoms with van der Waals surface area (Å²) in [6.45, 7) is 38.4. The van der Waals surface area contributed by atoms with Crippen LogP contribution in [0.4, 0.5) is 0 Å². The molecule has 6 heteroatoms. The molecule has 0 bridgehead atoms. The molecule has 0 amide bonds. The molecule has 0 atom stereocenters. The second-order valence-electron chi connectivity index (χ2n) is 21.8. The van der Waals surface area contributed by atoms with E-state index in [1.807, 2.05) is 0 Å². The first kappa shape index (κ1) is 42.8. The summed E-state index contributed by atoms with van der Waals surface area (Å²) in [5.41, 5.74) is 9.66. The van der Waals surface area contributed by atoms with E-state index in [4.69, 9.17) is 10.2 Å². The summed E-state index contributed by atoms with van der Waals surface area (Å²) in [5.74, 6) is 1.06. The van der Waals surface area contributed by atoms with Crippen LogP contribution in [-0.4, -0.2) is 30.7 Å². The smallest absolute Gasteiger partial charge is 0.123 e. The first-order valence-electron chi connectivity index (χ1n) is 19.6. The fourth-order valence-corrected chi connectivity index (χ4v) is 7.32. The zero-order valence-corrected chi connectivity index (χ0v) is 36.8. The van der Waals surface area contributed by atoms with Gasteiger partial charge in [-0.15, -0.1) is 10.2 Å². The van der Waals surface area contributed by atoms with Crippen molar-refractivity contribution in [2.45, 2.75) is 176 Å². The van der Waals surface area contributed by atoms with Gasteiger partial charge in [-0.2, -0.15) is 0 Å². The average Bonchev–Trinajstić information content (AvgIpc) is 2.97. The molecule has 0 saturated carbocycles. The van der Waals surface area contributed by atoms with Crippen molar-refractivity contribution in [3.05, 3.63) is 103 Å². The van der Waals surface area contributed by atoms with Gasteiger partial charge in [0, 0.05) is 24.8 Å².